The first-order valence-corrected chi connectivity index (χ1v) is 7.68. The van der Waals surface area contributed by atoms with Gasteiger partial charge in [0.05, 0.1) is 6.04 Å². The molecule has 1 aromatic carbocycles. The molecule has 108 valence electrons. The van der Waals surface area contributed by atoms with Gasteiger partial charge < -0.3 is 16.0 Å². The van der Waals surface area contributed by atoms with E-state index in [1.54, 1.807) is 35.8 Å². The van der Waals surface area contributed by atoms with Gasteiger partial charge in [-0.2, -0.15) is 11.8 Å². The molecule has 3 N–H and O–H groups in total. The van der Waals surface area contributed by atoms with E-state index in [4.69, 9.17) is 5.73 Å². The molecule has 1 aromatic rings. The van der Waals surface area contributed by atoms with E-state index in [1.807, 2.05) is 12.1 Å². The second-order valence-electron chi connectivity index (χ2n) is 4.84. The minimum atomic E-state index is -0.440. The third kappa shape index (κ3) is 3.74. The number of primary amides is 1. The predicted octanol–water partition coefficient (Wildman–Crippen LogP) is 0.449. The number of thioether (sulfide) groups is 1. The van der Waals surface area contributed by atoms with Gasteiger partial charge in [-0.15, -0.1) is 0 Å². The molecule has 2 amide bonds. The van der Waals surface area contributed by atoms with Crippen LogP contribution in [0.15, 0.2) is 24.3 Å². The zero-order valence-electron chi connectivity index (χ0n) is 11.5. The minimum absolute atomic E-state index is 0.0938. The highest BCUT2D eigenvalue weighted by Crippen LogP contribution is 2.12. The maximum Gasteiger partial charge on any atom is 0.248 e. The fourth-order valence-electron chi connectivity index (χ4n) is 2.12. The van der Waals surface area contributed by atoms with Crippen LogP contribution in [0.2, 0.25) is 0 Å². The number of carbonyl (C=O) groups is 2. The van der Waals surface area contributed by atoms with Crippen molar-refractivity contribution in [2.24, 2.45) is 5.73 Å². The number of hydrogen-bond acceptors (Lipinski definition) is 4. The number of benzene rings is 1. The van der Waals surface area contributed by atoms with Crippen molar-refractivity contribution in [2.75, 3.05) is 25.1 Å². The Kier molecular flexibility index (Phi) is 5.03. The molecular weight excluding hydrogens is 274 g/mol. The van der Waals surface area contributed by atoms with E-state index in [1.165, 1.54) is 0 Å². The van der Waals surface area contributed by atoms with Gasteiger partial charge in [-0.3, -0.25) is 9.59 Å². The lowest BCUT2D eigenvalue weighted by molar-refractivity contribution is -0.132. The first-order chi connectivity index (χ1) is 9.58. The second kappa shape index (κ2) is 6.76. The van der Waals surface area contributed by atoms with Crippen molar-refractivity contribution in [3.05, 3.63) is 35.4 Å². The van der Waals surface area contributed by atoms with Gasteiger partial charge in [-0.25, -0.2) is 0 Å². The first kappa shape index (κ1) is 14.9. The zero-order chi connectivity index (χ0) is 14.5. The third-order valence-electron chi connectivity index (χ3n) is 3.25. The van der Waals surface area contributed by atoms with Crippen LogP contribution in [-0.4, -0.2) is 47.9 Å². The van der Waals surface area contributed by atoms with E-state index < -0.39 is 5.91 Å². The molecule has 1 aliphatic heterocycles. The van der Waals surface area contributed by atoms with Crippen molar-refractivity contribution < 1.29 is 9.59 Å². The maximum atomic E-state index is 12.3. The van der Waals surface area contributed by atoms with Crippen LogP contribution < -0.4 is 11.1 Å². The van der Waals surface area contributed by atoms with Gasteiger partial charge in [0.25, 0.3) is 0 Å². The Morgan fingerprint density at radius 2 is 2.10 bits per heavy atom. The number of nitrogens with one attached hydrogen (secondary N) is 1. The molecule has 20 heavy (non-hydrogen) atoms. The number of amides is 2. The Balaban J connectivity index is 1.94. The van der Waals surface area contributed by atoms with E-state index in [9.17, 15) is 9.59 Å². The molecule has 0 saturated carbocycles. The van der Waals surface area contributed by atoms with Crippen molar-refractivity contribution in [1.82, 2.24) is 10.2 Å². The molecule has 1 atom stereocenters. The summed E-state index contributed by atoms with van der Waals surface area (Å²) in [6, 6.07) is 6.93. The lowest BCUT2D eigenvalue weighted by atomic mass is 10.1. The Morgan fingerprint density at radius 1 is 1.40 bits per heavy atom. The molecule has 1 heterocycles. The van der Waals surface area contributed by atoms with Crippen LogP contribution in [0.1, 0.15) is 15.9 Å². The average Bonchev–Trinajstić information content (AvgIpc) is 2.48. The summed E-state index contributed by atoms with van der Waals surface area (Å²) in [5.41, 5.74) is 6.66. The Morgan fingerprint density at radius 3 is 2.65 bits per heavy atom. The summed E-state index contributed by atoms with van der Waals surface area (Å²) in [5.74, 6) is 1.55. The van der Waals surface area contributed by atoms with Crippen LogP contribution in [0.25, 0.3) is 0 Å². The molecule has 1 fully saturated rings. The summed E-state index contributed by atoms with van der Waals surface area (Å²) in [6.45, 7) is 1.41. The fraction of sp³-hybridized carbons (Fsp3) is 0.429. The smallest absolute Gasteiger partial charge is 0.248 e. The van der Waals surface area contributed by atoms with Gasteiger partial charge in [-0.05, 0) is 17.7 Å². The molecule has 0 radical (unpaired) electrons. The largest absolute Gasteiger partial charge is 0.366 e. The highest BCUT2D eigenvalue weighted by molar-refractivity contribution is 7.99. The van der Waals surface area contributed by atoms with Crippen molar-refractivity contribution in [1.29, 1.82) is 0 Å². The van der Waals surface area contributed by atoms with Crippen molar-refractivity contribution in [3.63, 3.8) is 0 Å². The molecule has 6 heteroatoms. The summed E-state index contributed by atoms with van der Waals surface area (Å²) in [7, 11) is 1.80. The topological polar surface area (TPSA) is 75.4 Å². The van der Waals surface area contributed by atoms with Gasteiger partial charge in [0.2, 0.25) is 11.8 Å². The molecule has 0 aliphatic carbocycles. The van der Waals surface area contributed by atoms with E-state index in [2.05, 4.69) is 5.32 Å². The van der Waals surface area contributed by atoms with Crippen LogP contribution >= 0.6 is 11.8 Å². The first-order valence-electron chi connectivity index (χ1n) is 6.53. The average molecular weight is 293 g/mol. The summed E-state index contributed by atoms with van der Waals surface area (Å²) in [5, 5.41) is 3.24. The molecule has 1 aliphatic rings. The molecule has 1 saturated heterocycles. The third-order valence-corrected chi connectivity index (χ3v) is 4.32. The molecule has 0 bridgehead atoms. The van der Waals surface area contributed by atoms with Crippen LogP contribution in [0.4, 0.5) is 0 Å². The maximum absolute atomic E-state index is 12.3. The number of hydrogen-bond donors (Lipinski definition) is 2. The number of nitrogens with two attached hydrogens (primary N) is 1. The summed E-state index contributed by atoms with van der Waals surface area (Å²) < 4.78 is 0. The van der Waals surface area contributed by atoms with Gasteiger partial charge in [0, 0.05) is 37.2 Å². The Labute approximate surface area is 122 Å². The van der Waals surface area contributed by atoms with Crippen LogP contribution in [0.5, 0.6) is 0 Å². The van der Waals surface area contributed by atoms with E-state index in [0.29, 0.717) is 12.1 Å². The molecule has 1 unspecified atom stereocenters. The molecule has 0 spiro atoms. The van der Waals surface area contributed by atoms with E-state index >= 15 is 0 Å². The Bertz CT molecular complexity index is 484. The van der Waals surface area contributed by atoms with Crippen molar-refractivity contribution >= 4 is 23.6 Å². The zero-order valence-corrected chi connectivity index (χ0v) is 12.3. The summed E-state index contributed by atoms with van der Waals surface area (Å²) >= 11 is 1.80. The molecule has 2 rings (SSSR count). The highest BCUT2D eigenvalue weighted by Gasteiger charge is 2.23. The highest BCUT2D eigenvalue weighted by atomic mass is 32.2. The van der Waals surface area contributed by atoms with Gasteiger partial charge in [0.1, 0.15) is 0 Å². The Hall–Kier alpha value is -1.53. The van der Waals surface area contributed by atoms with Gasteiger partial charge in [-0.1, -0.05) is 12.1 Å². The molecule has 0 aromatic heterocycles. The SMILES string of the molecule is CN(Cc1ccc(C(N)=O)cc1)C(=O)C1CSCCN1. The summed E-state index contributed by atoms with van der Waals surface area (Å²) in [6.07, 6.45) is 0. The van der Waals surface area contributed by atoms with Crippen LogP contribution in [-0.2, 0) is 11.3 Å². The quantitative estimate of drug-likeness (QED) is 0.845. The number of nitrogens with zero attached hydrogens (tertiary/aromatic N) is 1. The lowest BCUT2D eigenvalue weighted by Crippen LogP contribution is -2.49. The number of carbonyl (C=O) groups excluding carboxylic acids is 2. The number of likely N-dealkylation sites (N-methyl/N-ethyl adjacent to an activating group) is 1. The van der Waals surface area contributed by atoms with Crippen molar-refractivity contribution in [3.8, 4) is 0 Å². The predicted molar refractivity (Wildman–Crippen MR) is 80.5 cm³/mol. The normalized spacial score (nSPS) is 18.6. The van der Waals surface area contributed by atoms with E-state index in [0.717, 1.165) is 23.6 Å². The van der Waals surface area contributed by atoms with Crippen LogP contribution in [0.3, 0.4) is 0 Å². The minimum Gasteiger partial charge on any atom is -0.366 e. The molecule has 5 nitrogen and oxygen atoms in total. The van der Waals surface area contributed by atoms with E-state index in [-0.39, 0.29) is 11.9 Å². The molecular formula is C14H19N3O2S. The number of rotatable bonds is 4. The second-order valence-corrected chi connectivity index (χ2v) is 5.99. The summed E-state index contributed by atoms with van der Waals surface area (Å²) in [4.78, 5) is 25.0. The van der Waals surface area contributed by atoms with Gasteiger partial charge in [0.15, 0.2) is 0 Å². The van der Waals surface area contributed by atoms with Gasteiger partial charge >= 0.3 is 0 Å². The lowest BCUT2D eigenvalue weighted by Gasteiger charge is -2.27. The monoisotopic (exact) mass is 293 g/mol. The fourth-order valence-corrected chi connectivity index (χ4v) is 3.04. The van der Waals surface area contributed by atoms with Crippen molar-refractivity contribution in [2.45, 2.75) is 12.6 Å². The van der Waals surface area contributed by atoms with Crippen LogP contribution in [0, 0.1) is 0 Å². The standard InChI is InChI=1S/C14H19N3O2S/c1-17(14(19)12-9-20-7-6-16-12)8-10-2-4-11(5-3-10)13(15)18/h2-5,12,16H,6-9H2,1H3,(H2,15,18).